The summed E-state index contributed by atoms with van der Waals surface area (Å²) in [6, 6.07) is 0.450. The van der Waals surface area contributed by atoms with E-state index in [-0.39, 0.29) is 28.4 Å². The average molecular weight is 388 g/mol. The Morgan fingerprint density at radius 1 is 1.36 bits per heavy atom. The molecule has 3 rings (SSSR count). The number of carboxylic acids is 1. The zero-order chi connectivity index (χ0) is 20.6. The monoisotopic (exact) mass is 388 g/mol. The molecule has 0 bridgehead atoms. The van der Waals surface area contributed by atoms with Gasteiger partial charge in [-0.25, -0.2) is 14.6 Å². The van der Waals surface area contributed by atoms with Gasteiger partial charge in [-0.1, -0.05) is 20.8 Å². The van der Waals surface area contributed by atoms with Crippen LogP contribution in [0.15, 0.2) is 15.7 Å². The normalized spacial score (nSPS) is 15.0. The predicted octanol–water partition coefficient (Wildman–Crippen LogP) is 1.21. The van der Waals surface area contributed by atoms with Gasteiger partial charge in [0, 0.05) is 18.2 Å². The maximum absolute atomic E-state index is 12.9. The number of aryl methyl sites for hydroxylation is 1. The fourth-order valence-corrected chi connectivity index (χ4v) is 3.22. The van der Waals surface area contributed by atoms with Gasteiger partial charge in [-0.2, -0.15) is 0 Å². The zero-order valence-corrected chi connectivity index (χ0v) is 16.1. The Morgan fingerprint density at radius 3 is 2.57 bits per heavy atom. The number of carboxylic acid groups (broad SMARTS) is 1. The Balaban J connectivity index is 2.22. The quantitative estimate of drug-likeness (QED) is 0.653. The summed E-state index contributed by atoms with van der Waals surface area (Å²) in [6.45, 7) is 5.61. The predicted molar refractivity (Wildman–Crippen MR) is 103 cm³/mol. The van der Waals surface area contributed by atoms with Crippen molar-refractivity contribution in [1.29, 1.82) is 0 Å². The molecule has 0 saturated heterocycles. The number of aromatic amines is 1. The van der Waals surface area contributed by atoms with E-state index in [0.29, 0.717) is 18.7 Å². The van der Waals surface area contributed by atoms with Gasteiger partial charge in [0.25, 0.3) is 11.5 Å². The lowest BCUT2D eigenvalue weighted by molar-refractivity contribution is -0.140. The van der Waals surface area contributed by atoms with E-state index < -0.39 is 29.2 Å². The molecule has 150 valence electrons. The molecule has 2 aromatic heterocycles. The number of nitrogens with zero attached hydrogens (tertiary/aromatic N) is 2. The lowest BCUT2D eigenvalue weighted by atomic mass is 10.0. The van der Waals surface area contributed by atoms with Crippen molar-refractivity contribution < 1.29 is 14.7 Å². The highest BCUT2D eigenvalue weighted by Crippen LogP contribution is 2.39. The van der Waals surface area contributed by atoms with E-state index in [1.165, 1.54) is 4.57 Å². The SMILES string of the molecule is CCCn1c(=O)[nH]c(=O)c2c(C(=O)N[C@@H](C(=O)O)C(C)C)cc(C3CC3)nc21. The molecule has 0 unspecified atom stereocenters. The Morgan fingerprint density at radius 2 is 2.04 bits per heavy atom. The third-order valence-electron chi connectivity index (χ3n) is 4.88. The van der Waals surface area contributed by atoms with Gasteiger partial charge in [0.15, 0.2) is 5.65 Å². The Hall–Kier alpha value is -2.97. The minimum atomic E-state index is -1.15. The summed E-state index contributed by atoms with van der Waals surface area (Å²) in [7, 11) is 0. The molecule has 2 aromatic rings. The summed E-state index contributed by atoms with van der Waals surface area (Å²) in [5, 5.41) is 11.9. The van der Waals surface area contributed by atoms with Crippen LogP contribution in [-0.4, -0.2) is 37.6 Å². The number of amides is 1. The highest BCUT2D eigenvalue weighted by molar-refractivity contribution is 6.06. The first kappa shape index (κ1) is 19.8. The topological polar surface area (TPSA) is 134 Å². The second kappa shape index (κ2) is 7.57. The number of hydrogen-bond donors (Lipinski definition) is 3. The van der Waals surface area contributed by atoms with Crippen molar-refractivity contribution in [1.82, 2.24) is 19.9 Å². The first-order chi connectivity index (χ1) is 13.2. The molecule has 9 heteroatoms. The molecule has 0 aromatic carbocycles. The fraction of sp³-hybridized carbons (Fsp3) is 0.526. The largest absolute Gasteiger partial charge is 0.480 e. The zero-order valence-electron chi connectivity index (χ0n) is 16.1. The Bertz CT molecular complexity index is 1050. The average Bonchev–Trinajstić information content (AvgIpc) is 3.46. The van der Waals surface area contributed by atoms with E-state index in [0.717, 1.165) is 12.8 Å². The lowest BCUT2D eigenvalue weighted by Crippen LogP contribution is -2.44. The van der Waals surface area contributed by atoms with Gasteiger partial charge >= 0.3 is 11.7 Å². The third-order valence-corrected chi connectivity index (χ3v) is 4.88. The van der Waals surface area contributed by atoms with Crippen molar-refractivity contribution >= 4 is 22.9 Å². The molecule has 1 fully saturated rings. The van der Waals surface area contributed by atoms with Gasteiger partial charge in [-0.05, 0) is 31.2 Å². The van der Waals surface area contributed by atoms with Crippen LogP contribution >= 0.6 is 0 Å². The molecule has 9 nitrogen and oxygen atoms in total. The van der Waals surface area contributed by atoms with E-state index in [4.69, 9.17) is 0 Å². The number of H-pyrrole nitrogens is 1. The summed E-state index contributed by atoms with van der Waals surface area (Å²) >= 11 is 0. The number of aromatic nitrogens is 3. The maximum Gasteiger partial charge on any atom is 0.329 e. The maximum atomic E-state index is 12.9. The van der Waals surface area contributed by atoms with Crippen molar-refractivity contribution in [2.45, 2.75) is 58.5 Å². The van der Waals surface area contributed by atoms with Crippen LogP contribution < -0.4 is 16.6 Å². The van der Waals surface area contributed by atoms with Crippen molar-refractivity contribution in [3.05, 3.63) is 38.2 Å². The van der Waals surface area contributed by atoms with Crippen LogP contribution in [0.25, 0.3) is 11.0 Å². The van der Waals surface area contributed by atoms with Crippen LogP contribution in [0.3, 0.4) is 0 Å². The molecule has 0 radical (unpaired) electrons. The van der Waals surface area contributed by atoms with Gasteiger partial charge in [-0.15, -0.1) is 0 Å². The number of hydrogen-bond acceptors (Lipinski definition) is 5. The van der Waals surface area contributed by atoms with Crippen molar-refractivity contribution in [3.8, 4) is 0 Å². The molecule has 1 saturated carbocycles. The highest BCUT2D eigenvalue weighted by Gasteiger charge is 2.30. The first-order valence-electron chi connectivity index (χ1n) is 9.46. The third kappa shape index (κ3) is 3.69. The minimum absolute atomic E-state index is 0.00263. The van der Waals surface area contributed by atoms with E-state index >= 15 is 0 Å². The van der Waals surface area contributed by atoms with Gasteiger partial charge in [0.05, 0.1) is 10.9 Å². The fourth-order valence-electron chi connectivity index (χ4n) is 3.22. The van der Waals surface area contributed by atoms with E-state index in [2.05, 4.69) is 15.3 Å². The number of fused-ring (bicyclic) bond motifs is 1. The molecule has 2 heterocycles. The Labute approximate surface area is 160 Å². The van der Waals surface area contributed by atoms with Crippen LogP contribution in [-0.2, 0) is 11.3 Å². The molecule has 1 aliphatic carbocycles. The van der Waals surface area contributed by atoms with E-state index in [1.54, 1.807) is 19.9 Å². The summed E-state index contributed by atoms with van der Waals surface area (Å²) < 4.78 is 1.36. The smallest absolute Gasteiger partial charge is 0.329 e. The molecule has 1 amide bonds. The number of nitrogens with one attached hydrogen (secondary N) is 2. The second-order valence-electron chi connectivity index (χ2n) is 7.51. The lowest BCUT2D eigenvalue weighted by Gasteiger charge is -2.19. The van der Waals surface area contributed by atoms with Gasteiger partial charge in [-0.3, -0.25) is 19.1 Å². The van der Waals surface area contributed by atoms with Crippen molar-refractivity contribution in [2.24, 2.45) is 5.92 Å². The molecule has 28 heavy (non-hydrogen) atoms. The van der Waals surface area contributed by atoms with Crippen molar-refractivity contribution in [3.63, 3.8) is 0 Å². The van der Waals surface area contributed by atoms with Crippen molar-refractivity contribution in [2.75, 3.05) is 0 Å². The molecule has 1 atom stereocenters. The molecule has 3 N–H and O–H groups in total. The van der Waals surface area contributed by atoms with E-state index in [9.17, 15) is 24.3 Å². The van der Waals surface area contributed by atoms with Crippen LogP contribution in [0.1, 0.15) is 62.0 Å². The summed E-state index contributed by atoms with van der Waals surface area (Å²) in [4.78, 5) is 56.0. The van der Waals surface area contributed by atoms with Crippen LogP contribution in [0.5, 0.6) is 0 Å². The molecule has 0 spiro atoms. The minimum Gasteiger partial charge on any atom is -0.480 e. The molecule has 0 aliphatic heterocycles. The number of carbonyl (C=O) groups excluding carboxylic acids is 1. The Kier molecular flexibility index (Phi) is 5.35. The van der Waals surface area contributed by atoms with Gasteiger partial charge in [0.1, 0.15) is 6.04 Å². The molecular formula is C19H24N4O5. The number of aliphatic carboxylic acids is 1. The number of carbonyl (C=O) groups is 2. The van der Waals surface area contributed by atoms with Crippen LogP contribution in [0, 0.1) is 5.92 Å². The van der Waals surface area contributed by atoms with Gasteiger partial charge in [0.2, 0.25) is 0 Å². The van der Waals surface area contributed by atoms with E-state index in [1.807, 2.05) is 6.92 Å². The number of pyridine rings is 1. The summed E-state index contributed by atoms with van der Waals surface area (Å²) in [6.07, 6.45) is 2.49. The molecule has 1 aliphatic rings. The summed E-state index contributed by atoms with van der Waals surface area (Å²) in [5.74, 6) is -1.97. The van der Waals surface area contributed by atoms with Crippen LogP contribution in [0.2, 0.25) is 0 Å². The van der Waals surface area contributed by atoms with Crippen LogP contribution in [0.4, 0.5) is 0 Å². The highest BCUT2D eigenvalue weighted by atomic mass is 16.4. The first-order valence-corrected chi connectivity index (χ1v) is 9.46. The second-order valence-corrected chi connectivity index (χ2v) is 7.51. The van der Waals surface area contributed by atoms with Gasteiger partial charge < -0.3 is 10.4 Å². The number of rotatable bonds is 7. The standard InChI is InChI=1S/C19H24N4O5/c1-4-7-23-15-13(17(25)22-19(23)28)11(8-12(20-15)10-5-6-10)16(24)21-14(9(2)3)18(26)27/h8-10,14H,4-7H2,1-3H3,(H,21,24)(H,26,27)(H,22,25,28)/t14-/m1/s1. The molecular weight excluding hydrogens is 364 g/mol. The summed E-state index contributed by atoms with van der Waals surface area (Å²) in [5.41, 5.74) is -0.420.